The summed E-state index contributed by atoms with van der Waals surface area (Å²) in [7, 11) is 1.25. The summed E-state index contributed by atoms with van der Waals surface area (Å²) < 4.78 is 9.70. The number of hydrogen-bond donors (Lipinski definition) is 0. The predicted octanol–water partition coefficient (Wildman–Crippen LogP) is 2.78. The van der Waals surface area contributed by atoms with E-state index in [0.29, 0.717) is 6.54 Å². The molecule has 1 rings (SSSR count). The van der Waals surface area contributed by atoms with E-state index in [-0.39, 0.29) is 18.1 Å². The van der Waals surface area contributed by atoms with Crippen molar-refractivity contribution in [1.82, 2.24) is 9.88 Å². The quantitative estimate of drug-likeness (QED) is 0.414. The Morgan fingerprint density at radius 1 is 1.43 bits per heavy atom. The molecular weight excluding hydrogens is 319 g/mol. The molecule has 0 saturated carbocycles. The molecule has 8 heteroatoms. The lowest BCUT2D eigenvalue weighted by Gasteiger charge is -2.21. The Hall–Kier alpha value is -1.27. The van der Waals surface area contributed by atoms with E-state index >= 15 is 0 Å². The van der Waals surface area contributed by atoms with E-state index in [0.717, 1.165) is 19.3 Å². The number of rotatable bonds is 8. The molecule has 21 heavy (non-hydrogen) atoms. The van der Waals surface area contributed by atoms with Crippen molar-refractivity contribution in [2.45, 2.75) is 37.6 Å². The number of oxazole rings is 1. The van der Waals surface area contributed by atoms with Gasteiger partial charge in [0, 0.05) is 6.54 Å². The molecule has 0 spiro atoms. The average molecular weight is 337 g/mol. The number of carbonyl (C=O) groups is 2. The van der Waals surface area contributed by atoms with Gasteiger partial charge in [-0.15, -0.1) is 0 Å². The van der Waals surface area contributed by atoms with Crippen molar-refractivity contribution in [3.63, 3.8) is 0 Å². The third-order valence-corrected chi connectivity index (χ3v) is 3.18. The van der Waals surface area contributed by atoms with Crippen molar-refractivity contribution < 1.29 is 18.7 Å². The molecule has 6 nitrogen and oxygen atoms in total. The number of carbonyl (C=O) groups excluding carboxylic acids is 2. The van der Waals surface area contributed by atoms with Crippen LogP contribution in [0.1, 0.15) is 42.6 Å². The minimum atomic E-state index is -1.14. The normalized spacial score (nSPS) is 10.7. The summed E-state index contributed by atoms with van der Waals surface area (Å²) in [6, 6.07) is 0. The summed E-state index contributed by atoms with van der Waals surface area (Å²) in [5, 5.41) is 0. The van der Waals surface area contributed by atoms with Gasteiger partial charge in [0.25, 0.3) is 5.91 Å². The molecule has 0 aromatic carbocycles. The summed E-state index contributed by atoms with van der Waals surface area (Å²) >= 11 is 11.3. The zero-order valence-electron chi connectivity index (χ0n) is 12.0. The molecule has 0 radical (unpaired) electrons. The van der Waals surface area contributed by atoms with Gasteiger partial charge >= 0.3 is 5.97 Å². The molecule has 0 aliphatic heterocycles. The van der Waals surface area contributed by atoms with Crippen LogP contribution < -0.4 is 0 Å². The van der Waals surface area contributed by atoms with Gasteiger partial charge in [0.1, 0.15) is 6.26 Å². The van der Waals surface area contributed by atoms with E-state index in [4.69, 9.17) is 27.6 Å². The standard InChI is InChI=1S/C13H18Cl2N2O4/c1-3-4-5-6-17(12(18)11(14)15)7-10-16-9(8-21-10)13(19)20-2/h8,11H,3-7H2,1-2H3. The Kier molecular flexibility index (Phi) is 7.53. The molecule has 1 aromatic heterocycles. The Balaban J connectivity index is 2.73. The Morgan fingerprint density at radius 2 is 2.14 bits per heavy atom. The van der Waals surface area contributed by atoms with Crippen molar-refractivity contribution >= 4 is 35.1 Å². The van der Waals surface area contributed by atoms with Crippen LogP contribution in [0.2, 0.25) is 0 Å². The van der Waals surface area contributed by atoms with E-state index in [9.17, 15) is 9.59 Å². The van der Waals surface area contributed by atoms with Crippen molar-refractivity contribution in [2.75, 3.05) is 13.7 Å². The molecule has 1 aromatic rings. The van der Waals surface area contributed by atoms with Gasteiger partial charge in [0.05, 0.1) is 13.7 Å². The van der Waals surface area contributed by atoms with Crippen LogP contribution in [0.15, 0.2) is 10.7 Å². The second-order valence-corrected chi connectivity index (χ2v) is 5.48. The smallest absolute Gasteiger partial charge is 0.360 e. The van der Waals surface area contributed by atoms with Crippen LogP contribution in [0.4, 0.5) is 0 Å². The fraction of sp³-hybridized carbons (Fsp3) is 0.615. The van der Waals surface area contributed by atoms with Crippen LogP contribution >= 0.6 is 23.2 Å². The zero-order chi connectivity index (χ0) is 15.8. The zero-order valence-corrected chi connectivity index (χ0v) is 13.5. The minimum Gasteiger partial charge on any atom is -0.464 e. The van der Waals surface area contributed by atoms with E-state index in [1.165, 1.54) is 18.3 Å². The second-order valence-electron chi connectivity index (χ2n) is 4.39. The van der Waals surface area contributed by atoms with Gasteiger partial charge in [-0.1, -0.05) is 43.0 Å². The lowest BCUT2D eigenvalue weighted by atomic mass is 10.2. The van der Waals surface area contributed by atoms with Gasteiger partial charge in [-0.2, -0.15) is 0 Å². The molecule has 1 heterocycles. The predicted molar refractivity (Wildman–Crippen MR) is 78.3 cm³/mol. The third-order valence-electron chi connectivity index (χ3n) is 2.80. The number of alkyl halides is 2. The summed E-state index contributed by atoms with van der Waals surface area (Å²) in [6.07, 6.45) is 4.03. The Bertz CT molecular complexity index is 476. The average Bonchev–Trinajstić information content (AvgIpc) is 2.93. The molecule has 0 N–H and O–H groups in total. The number of amides is 1. The Morgan fingerprint density at radius 3 is 2.71 bits per heavy atom. The molecule has 0 saturated heterocycles. The summed E-state index contributed by atoms with van der Waals surface area (Å²) in [6.45, 7) is 2.67. The van der Waals surface area contributed by atoms with E-state index in [1.54, 1.807) is 0 Å². The highest BCUT2D eigenvalue weighted by molar-refractivity contribution is 6.53. The van der Waals surface area contributed by atoms with Crippen LogP contribution in [0.3, 0.4) is 0 Å². The topological polar surface area (TPSA) is 72.6 Å². The lowest BCUT2D eigenvalue weighted by Crippen LogP contribution is -2.35. The monoisotopic (exact) mass is 336 g/mol. The number of hydrogen-bond acceptors (Lipinski definition) is 5. The number of unbranched alkanes of at least 4 members (excludes halogenated alkanes) is 2. The number of ether oxygens (including phenoxy) is 1. The summed E-state index contributed by atoms with van der Waals surface area (Å²) in [4.78, 5) is 27.5. The van der Waals surface area contributed by atoms with Crippen LogP contribution in [0.5, 0.6) is 0 Å². The van der Waals surface area contributed by atoms with Crippen LogP contribution in [0, 0.1) is 0 Å². The van der Waals surface area contributed by atoms with Gasteiger partial charge in [-0.25, -0.2) is 9.78 Å². The van der Waals surface area contributed by atoms with Gasteiger partial charge < -0.3 is 14.1 Å². The number of nitrogens with zero attached hydrogens (tertiary/aromatic N) is 2. The van der Waals surface area contributed by atoms with Crippen molar-refractivity contribution in [3.8, 4) is 0 Å². The summed E-state index contributed by atoms with van der Waals surface area (Å²) in [5.74, 6) is -0.775. The first-order chi connectivity index (χ1) is 9.99. The van der Waals surface area contributed by atoms with Crippen LogP contribution in [-0.2, 0) is 16.1 Å². The lowest BCUT2D eigenvalue weighted by molar-refractivity contribution is -0.130. The van der Waals surface area contributed by atoms with Crippen LogP contribution in [-0.4, -0.2) is 40.3 Å². The maximum Gasteiger partial charge on any atom is 0.360 e. The van der Waals surface area contributed by atoms with E-state index < -0.39 is 16.7 Å². The fourth-order valence-electron chi connectivity index (χ4n) is 1.70. The van der Waals surface area contributed by atoms with Crippen molar-refractivity contribution in [1.29, 1.82) is 0 Å². The molecule has 0 unspecified atom stereocenters. The highest BCUT2D eigenvalue weighted by atomic mass is 35.5. The highest BCUT2D eigenvalue weighted by Crippen LogP contribution is 2.13. The van der Waals surface area contributed by atoms with E-state index in [2.05, 4.69) is 16.6 Å². The van der Waals surface area contributed by atoms with Gasteiger partial charge in [-0.05, 0) is 6.42 Å². The molecule has 0 fully saturated rings. The van der Waals surface area contributed by atoms with Crippen LogP contribution in [0.25, 0.3) is 0 Å². The Labute approximate surface area is 133 Å². The first kappa shape index (κ1) is 17.8. The molecule has 0 aliphatic carbocycles. The first-order valence-electron chi connectivity index (χ1n) is 6.59. The molecule has 1 amide bonds. The fourth-order valence-corrected chi connectivity index (χ4v) is 1.98. The molecular formula is C13H18Cl2N2O4. The van der Waals surface area contributed by atoms with Gasteiger partial charge in [0.2, 0.25) is 5.89 Å². The van der Waals surface area contributed by atoms with Gasteiger partial charge in [-0.3, -0.25) is 4.79 Å². The largest absolute Gasteiger partial charge is 0.464 e. The number of aromatic nitrogens is 1. The maximum absolute atomic E-state index is 11.9. The molecule has 0 aliphatic rings. The first-order valence-corrected chi connectivity index (χ1v) is 7.46. The maximum atomic E-state index is 11.9. The highest BCUT2D eigenvalue weighted by Gasteiger charge is 2.22. The minimum absolute atomic E-state index is 0.0572. The molecule has 118 valence electrons. The van der Waals surface area contributed by atoms with Gasteiger partial charge in [0.15, 0.2) is 10.5 Å². The molecule has 0 bridgehead atoms. The van der Waals surface area contributed by atoms with E-state index in [1.807, 2.05) is 0 Å². The second kappa shape index (κ2) is 8.89. The summed E-state index contributed by atoms with van der Waals surface area (Å²) in [5.41, 5.74) is 0.0572. The number of methoxy groups -OCH3 is 1. The SMILES string of the molecule is CCCCCN(Cc1nc(C(=O)OC)co1)C(=O)C(Cl)Cl. The van der Waals surface area contributed by atoms with Crippen molar-refractivity contribution in [3.05, 3.63) is 17.8 Å². The number of halogens is 2. The third kappa shape index (κ3) is 5.55. The molecule has 0 atom stereocenters. The number of esters is 1. The van der Waals surface area contributed by atoms with Crippen molar-refractivity contribution in [2.24, 2.45) is 0 Å².